The predicted octanol–water partition coefficient (Wildman–Crippen LogP) is 3.06. The van der Waals surface area contributed by atoms with Gasteiger partial charge >= 0.3 is 0 Å². The van der Waals surface area contributed by atoms with E-state index in [9.17, 15) is 0 Å². The van der Waals surface area contributed by atoms with E-state index in [1.165, 1.54) is 0 Å². The topological polar surface area (TPSA) is 47.9 Å². The van der Waals surface area contributed by atoms with Crippen LogP contribution in [0.4, 0.5) is 11.4 Å². The number of hydrogen-bond acceptors (Lipinski definition) is 3. The number of nitriles is 1. The summed E-state index contributed by atoms with van der Waals surface area (Å²) in [5.74, 6) is 0. The maximum absolute atomic E-state index is 9.07. The number of anilines is 2. The molecular formula is C14H13N3. The lowest BCUT2D eigenvalue weighted by atomic mass is 10.3. The summed E-state index contributed by atoms with van der Waals surface area (Å²) in [6.07, 6.45) is -0.445. The first-order chi connectivity index (χ1) is 8.38. The number of nitrogens with one attached hydrogen (secondary N) is 2. The first kappa shape index (κ1) is 11.0. The molecule has 3 nitrogen and oxygen atoms in total. The fourth-order valence-corrected chi connectivity index (χ4v) is 1.50. The van der Waals surface area contributed by atoms with Crippen molar-refractivity contribution < 1.29 is 0 Å². The molecular weight excluding hydrogens is 210 g/mol. The highest BCUT2D eigenvalue weighted by Gasteiger charge is 2.05. The minimum atomic E-state index is -0.445. The Labute approximate surface area is 101 Å². The first-order valence-corrected chi connectivity index (χ1v) is 5.41. The molecule has 0 bridgehead atoms. The molecule has 0 aliphatic rings. The maximum atomic E-state index is 9.07. The van der Waals surface area contributed by atoms with Crippen molar-refractivity contribution in [2.75, 3.05) is 10.6 Å². The van der Waals surface area contributed by atoms with Crippen LogP contribution in [0, 0.1) is 11.3 Å². The molecule has 0 saturated carbocycles. The number of hydrogen-bond donors (Lipinski definition) is 2. The molecule has 0 heterocycles. The lowest BCUT2D eigenvalue weighted by Crippen LogP contribution is -2.26. The summed E-state index contributed by atoms with van der Waals surface area (Å²) in [5.41, 5.74) is 1.84. The Hall–Kier alpha value is -2.47. The van der Waals surface area contributed by atoms with E-state index in [2.05, 4.69) is 16.7 Å². The molecule has 3 heteroatoms. The van der Waals surface area contributed by atoms with Gasteiger partial charge in [-0.1, -0.05) is 36.4 Å². The summed E-state index contributed by atoms with van der Waals surface area (Å²) in [6, 6.07) is 21.5. The lowest BCUT2D eigenvalue weighted by molar-refractivity contribution is 1.02. The second kappa shape index (κ2) is 5.57. The standard InChI is InChI=1S/C14H13N3/c15-11-14(16-12-7-3-1-4-8-12)17-13-9-5-2-6-10-13/h1-10,14,16-17H. The molecule has 0 unspecified atom stereocenters. The minimum absolute atomic E-state index is 0.445. The van der Waals surface area contributed by atoms with Crippen LogP contribution in [-0.4, -0.2) is 6.17 Å². The fraction of sp³-hybridized carbons (Fsp3) is 0.0714. The van der Waals surface area contributed by atoms with Gasteiger partial charge in [-0.15, -0.1) is 0 Å². The van der Waals surface area contributed by atoms with Gasteiger partial charge in [-0.3, -0.25) is 0 Å². The highest BCUT2D eigenvalue weighted by atomic mass is 15.1. The van der Waals surface area contributed by atoms with Gasteiger partial charge in [0.25, 0.3) is 0 Å². The third-order valence-electron chi connectivity index (χ3n) is 2.30. The second-order valence-corrected chi connectivity index (χ2v) is 3.58. The zero-order valence-corrected chi connectivity index (χ0v) is 9.30. The van der Waals surface area contributed by atoms with Crippen LogP contribution < -0.4 is 10.6 Å². The van der Waals surface area contributed by atoms with E-state index in [0.717, 1.165) is 11.4 Å². The summed E-state index contributed by atoms with van der Waals surface area (Å²) in [7, 11) is 0. The Kier molecular flexibility index (Phi) is 3.61. The Bertz CT molecular complexity index is 446. The molecule has 0 amide bonds. The van der Waals surface area contributed by atoms with Gasteiger partial charge in [-0.25, -0.2) is 0 Å². The van der Waals surface area contributed by atoms with Crippen molar-refractivity contribution in [2.45, 2.75) is 6.17 Å². The van der Waals surface area contributed by atoms with E-state index in [4.69, 9.17) is 5.26 Å². The Morgan fingerprint density at radius 1 is 0.765 bits per heavy atom. The van der Waals surface area contributed by atoms with Gasteiger partial charge in [0, 0.05) is 11.4 Å². The zero-order chi connectivity index (χ0) is 11.9. The van der Waals surface area contributed by atoms with Crippen molar-refractivity contribution >= 4 is 11.4 Å². The third kappa shape index (κ3) is 3.25. The van der Waals surface area contributed by atoms with Gasteiger partial charge in [-0.2, -0.15) is 5.26 Å². The SMILES string of the molecule is N#CC(Nc1ccccc1)Nc1ccccc1. The Morgan fingerprint density at radius 3 is 1.53 bits per heavy atom. The lowest BCUT2D eigenvalue weighted by Gasteiger charge is -2.15. The highest BCUT2D eigenvalue weighted by molar-refractivity contribution is 5.50. The molecule has 17 heavy (non-hydrogen) atoms. The summed E-state index contributed by atoms with van der Waals surface area (Å²) in [6.45, 7) is 0. The van der Waals surface area contributed by atoms with Gasteiger partial charge in [0.15, 0.2) is 6.17 Å². The van der Waals surface area contributed by atoms with E-state index in [1.54, 1.807) is 0 Å². The molecule has 2 rings (SSSR count). The molecule has 84 valence electrons. The van der Waals surface area contributed by atoms with Crippen LogP contribution in [0.3, 0.4) is 0 Å². The minimum Gasteiger partial charge on any atom is -0.354 e. The van der Waals surface area contributed by atoms with Crippen molar-refractivity contribution in [3.63, 3.8) is 0 Å². The van der Waals surface area contributed by atoms with Gasteiger partial charge in [0.05, 0.1) is 0 Å². The van der Waals surface area contributed by atoms with Crippen molar-refractivity contribution in [3.8, 4) is 6.07 Å². The molecule has 0 atom stereocenters. The molecule has 2 aromatic rings. The van der Waals surface area contributed by atoms with Gasteiger partial charge in [-0.05, 0) is 24.3 Å². The quantitative estimate of drug-likeness (QED) is 0.783. The van der Waals surface area contributed by atoms with Gasteiger partial charge in [0.1, 0.15) is 6.07 Å². The average Bonchev–Trinajstić information content (AvgIpc) is 2.40. The molecule has 0 spiro atoms. The van der Waals surface area contributed by atoms with Gasteiger partial charge in [0.2, 0.25) is 0 Å². The molecule has 2 aromatic carbocycles. The van der Waals surface area contributed by atoms with Crippen LogP contribution in [0.25, 0.3) is 0 Å². The first-order valence-electron chi connectivity index (χ1n) is 5.41. The molecule has 2 N–H and O–H groups in total. The van der Waals surface area contributed by atoms with Crippen LogP contribution in [0.15, 0.2) is 60.7 Å². The maximum Gasteiger partial charge on any atom is 0.187 e. The molecule has 0 saturated heterocycles. The predicted molar refractivity (Wildman–Crippen MR) is 69.5 cm³/mol. The van der Waals surface area contributed by atoms with Crippen molar-refractivity contribution in [3.05, 3.63) is 60.7 Å². The monoisotopic (exact) mass is 223 g/mol. The Morgan fingerprint density at radius 2 is 1.18 bits per heavy atom. The van der Waals surface area contributed by atoms with Crippen LogP contribution in [0.1, 0.15) is 0 Å². The van der Waals surface area contributed by atoms with E-state index in [-0.39, 0.29) is 0 Å². The van der Waals surface area contributed by atoms with Crippen molar-refractivity contribution in [1.29, 1.82) is 5.26 Å². The number of para-hydroxylation sites is 2. The van der Waals surface area contributed by atoms with Crippen LogP contribution in [0.5, 0.6) is 0 Å². The van der Waals surface area contributed by atoms with Crippen molar-refractivity contribution in [2.24, 2.45) is 0 Å². The fourth-order valence-electron chi connectivity index (χ4n) is 1.50. The van der Waals surface area contributed by atoms with Crippen LogP contribution >= 0.6 is 0 Å². The molecule has 0 aliphatic carbocycles. The van der Waals surface area contributed by atoms with Gasteiger partial charge < -0.3 is 10.6 Å². The smallest absolute Gasteiger partial charge is 0.187 e. The molecule has 0 radical (unpaired) electrons. The van der Waals surface area contributed by atoms with E-state index in [1.807, 2.05) is 60.7 Å². The van der Waals surface area contributed by atoms with Crippen molar-refractivity contribution in [1.82, 2.24) is 0 Å². The molecule has 0 aliphatic heterocycles. The Balaban J connectivity index is 2.01. The van der Waals surface area contributed by atoms with E-state index < -0.39 is 6.17 Å². The zero-order valence-electron chi connectivity index (χ0n) is 9.30. The summed E-state index contributed by atoms with van der Waals surface area (Å²) in [5, 5.41) is 15.3. The largest absolute Gasteiger partial charge is 0.354 e. The third-order valence-corrected chi connectivity index (χ3v) is 2.30. The number of nitrogens with zero attached hydrogens (tertiary/aromatic N) is 1. The normalized spacial score (nSPS) is 9.65. The average molecular weight is 223 g/mol. The highest BCUT2D eigenvalue weighted by Crippen LogP contribution is 2.10. The van der Waals surface area contributed by atoms with E-state index in [0.29, 0.717) is 0 Å². The number of benzene rings is 2. The molecule has 0 aromatic heterocycles. The number of rotatable bonds is 4. The van der Waals surface area contributed by atoms with Crippen LogP contribution in [-0.2, 0) is 0 Å². The van der Waals surface area contributed by atoms with Crippen LogP contribution in [0.2, 0.25) is 0 Å². The summed E-state index contributed by atoms with van der Waals surface area (Å²) in [4.78, 5) is 0. The second-order valence-electron chi connectivity index (χ2n) is 3.58. The van der Waals surface area contributed by atoms with E-state index >= 15 is 0 Å². The summed E-state index contributed by atoms with van der Waals surface area (Å²) >= 11 is 0. The summed E-state index contributed by atoms with van der Waals surface area (Å²) < 4.78 is 0. The molecule has 0 fully saturated rings.